The number of aromatic nitrogens is 2. The number of nitrogens with one attached hydrogen (secondary N) is 2. The molecule has 1 aliphatic rings. The first-order valence-corrected chi connectivity index (χ1v) is 10.7. The summed E-state index contributed by atoms with van der Waals surface area (Å²) < 4.78 is 32.8. The largest absolute Gasteiger partial charge is 0.441 e. The highest BCUT2D eigenvalue weighted by atomic mass is 35.5. The zero-order valence-corrected chi connectivity index (χ0v) is 18.5. The Morgan fingerprint density at radius 3 is 2.73 bits per heavy atom. The maximum Gasteiger partial charge on any atom is 0.412 e. The summed E-state index contributed by atoms with van der Waals surface area (Å²) in [5.41, 5.74) is 1.72. The monoisotopic (exact) mass is 474 g/mol. The van der Waals surface area contributed by atoms with Gasteiger partial charge in [-0.2, -0.15) is 0 Å². The van der Waals surface area contributed by atoms with Crippen molar-refractivity contribution in [2.45, 2.75) is 25.4 Å². The molecule has 10 heteroatoms. The fraction of sp³-hybridized carbons (Fsp3) is 0.261. The molecule has 2 heterocycles. The Kier molecular flexibility index (Phi) is 6.60. The lowest BCUT2D eigenvalue weighted by Crippen LogP contribution is -2.29. The summed E-state index contributed by atoms with van der Waals surface area (Å²) in [5, 5.41) is 2.41. The first-order chi connectivity index (χ1) is 15.8. The molecule has 0 saturated heterocycles. The number of hydrogen-bond donors (Lipinski definition) is 2. The van der Waals surface area contributed by atoms with Crippen molar-refractivity contribution in [3.05, 3.63) is 81.9 Å². The van der Waals surface area contributed by atoms with Gasteiger partial charge in [0, 0.05) is 20.0 Å². The summed E-state index contributed by atoms with van der Waals surface area (Å²) in [6, 6.07) is 8.97. The van der Waals surface area contributed by atoms with E-state index in [4.69, 9.17) is 16.3 Å². The number of anilines is 1. The molecule has 2 amide bonds. The van der Waals surface area contributed by atoms with Crippen LogP contribution >= 0.6 is 11.6 Å². The minimum Gasteiger partial charge on any atom is -0.441 e. The second-order valence-electron chi connectivity index (χ2n) is 7.76. The first-order valence-electron chi connectivity index (χ1n) is 10.3. The Hall–Kier alpha value is -3.46. The third-order valence-electron chi connectivity index (χ3n) is 5.39. The minimum atomic E-state index is -0.801. The van der Waals surface area contributed by atoms with Gasteiger partial charge in [-0.05, 0) is 42.7 Å². The molecule has 2 aromatic carbocycles. The van der Waals surface area contributed by atoms with Crippen LogP contribution in [0.1, 0.15) is 46.4 Å². The lowest BCUT2D eigenvalue weighted by atomic mass is 10.0. The summed E-state index contributed by atoms with van der Waals surface area (Å²) in [6.45, 7) is 0.351. The SMILES string of the molecule is CN(CCCC1OC(=O)Nc2ccc(Cl)c(F)c21)C(=O)c1cnc(Cc2ccc(F)cc2)[nH]1. The number of H-pyrrole nitrogens is 1. The van der Waals surface area contributed by atoms with E-state index < -0.39 is 18.0 Å². The zero-order valence-electron chi connectivity index (χ0n) is 17.7. The predicted octanol–water partition coefficient (Wildman–Crippen LogP) is 5.09. The van der Waals surface area contributed by atoms with Crippen molar-refractivity contribution in [3.8, 4) is 0 Å². The Labute approximate surface area is 193 Å². The number of amides is 2. The number of ether oxygens (including phenoxy) is 1. The molecule has 7 nitrogen and oxygen atoms in total. The van der Waals surface area contributed by atoms with Crippen LogP contribution in [-0.2, 0) is 11.2 Å². The van der Waals surface area contributed by atoms with Crippen LogP contribution in [0.25, 0.3) is 0 Å². The van der Waals surface area contributed by atoms with Crippen LogP contribution in [-0.4, -0.2) is 40.5 Å². The lowest BCUT2D eigenvalue weighted by Gasteiger charge is -2.27. The normalized spacial score (nSPS) is 14.9. The molecule has 1 atom stereocenters. The summed E-state index contributed by atoms with van der Waals surface area (Å²) in [5.74, 6) is -0.618. The molecular formula is C23H21ClF2N4O3. The van der Waals surface area contributed by atoms with Gasteiger partial charge in [-0.15, -0.1) is 0 Å². The van der Waals surface area contributed by atoms with Gasteiger partial charge in [0.2, 0.25) is 0 Å². The van der Waals surface area contributed by atoms with E-state index in [9.17, 15) is 18.4 Å². The zero-order chi connectivity index (χ0) is 23.5. The van der Waals surface area contributed by atoms with E-state index in [1.54, 1.807) is 19.2 Å². The van der Waals surface area contributed by atoms with Crippen LogP contribution in [0.5, 0.6) is 0 Å². The predicted molar refractivity (Wildman–Crippen MR) is 118 cm³/mol. The molecule has 33 heavy (non-hydrogen) atoms. The standard InChI is InChI=1S/C23H21ClF2N4O3/c1-30(22(31)17-12-27-19(28-17)11-13-4-6-14(25)7-5-13)10-2-3-18-20-16(29-23(32)33-18)9-8-15(24)21(20)26/h4-9,12,18H,2-3,10-11H2,1H3,(H,27,28)(H,29,32). The van der Waals surface area contributed by atoms with Crippen molar-refractivity contribution < 1.29 is 23.1 Å². The third kappa shape index (κ3) is 5.14. The number of benzene rings is 2. The van der Waals surface area contributed by atoms with E-state index in [0.717, 1.165) is 5.56 Å². The van der Waals surface area contributed by atoms with Gasteiger partial charge in [0.25, 0.3) is 5.91 Å². The van der Waals surface area contributed by atoms with Crippen molar-refractivity contribution in [3.63, 3.8) is 0 Å². The lowest BCUT2D eigenvalue weighted by molar-refractivity contribution is 0.0755. The fourth-order valence-electron chi connectivity index (χ4n) is 3.70. The van der Waals surface area contributed by atoms with Gasteiger partial charge < -0.3 is 14.6 Å². The molecule has 1 aromatic heterocycles. The van der Waals surface area contributed by atoms with Crippen molar-refractivity contribution in [1.29, 1.82) is 0 Å². The van der Waals surface area contributed by atoms with Gasteiger partial charge in [0.05, 0.1) is 22.5 Å². The molecule has 0 radical (unpaired) electrons. The van der Waals surface area contributed by atoms with E-state index >= 15 is 0 Å². The van der Waals surface area contributed by atoms with Crippen LogP contribution in [0.3, 0.4) is 0 Å². The minimum absolute atomic E-state index is 0.0542. The molecule has 3 aromatic rings. The molecular weight excluding hydrogens is 454 g/mol. The Bertz CT molecular complexity index is 1180. The number of fused-ring (bicyclic) bond motifs is 1. The number of carbonyl (C=O) groups is 2. The highest BCUT2D eigenvalue weighted by Crippen LogP contribution is 2.38. The molecule has 4 rings (SSSR count). The Morgan fingerprint density at radius 1 is 1.21 bits per heavy atom. The van der Waals surface area contributed by atoms with Gasteiger partial charge in [0.1, 0.15) is 23.4 Å². The third-order valence-corrected chi connectivity index (χ3v) is 5.68. The average molecular weight is 475 g/mol. The van der Waals surface area contributed by atoms with Gasteiger partial charge in [0.15, 0.2) is 5.82 Å². The quantitative estimate of drug-likeness (QED) is 0.499. The number of rotatable bonds is 7. The van der Waals surface area contributed by atoms with Crippen LogP contribution in [0.15, 0.2) is 42.6 Å². The van der Waals surface area contributed by atoms with Crippen molar-refractivity contribution in [2.75, 3.05) is 18.9 Å². The van der Waals surface area contributed by atoms with Crippen LogP contribution < -0.4 is 5.32 Å². The summed E-state index contributed by atoms with van der Waals surface area (Å²) in [4.78, 5) is 33.2. The van der Waals surface area contributed by atoms with Crippen molar-refractivity contribution in [2.24, 2.45) is 0 Å². The summed E-state index contributed by atoms with van der Waals surface area (Å²) >= 11 is 5.88. The number of aromatic amines is 1. The Balaban J connectivity index is 1.34. The summed E-state index contributed by atoms with van der Waals surface area (Å²) in [7, 11) is 1.64. The van der Waals surface area contributed by atoms with E-state index in [2.05, 4.69) is 15.3 Å². The summed E-state index contributed by atoms with van der Waals surface area (Å²) in [6.07, 6.45) is 1.21. The molecule has 1 unspecified atom stereocenters. The molecule has 2 N–H and O–H groups in total. The van der Waals surface area contributed by atoms with Gasteiger partial charge in [-0.25, -0.2) is 18.6 Å². The van der Waals surface area contributed by atoms with Gasteiger partial charge in [-0.1, -0.05) is 23.7 Å². The number of carbonyl (C=O) groups excluding carboxylic acids is 2. The van der Waals surface area contributed by atoms with E-state index in [1.807, 2.05) is 0 Å². The number of cyclic esters (lactones) is 1. The van der Waals surface area contributed by atoms with E-state index in [1.165, 1.54) is 35.4 Å². The maximum absolute atomic E-state index is 14.5. The van der Waals surface area contributed by atoms with Crippen LogP contribution in [0.2, 0.25) is 5.02 Å². The average Bonchev–Trinajstić information content (AvgIpc) is 3.25. The molecule has 0 fully saturated rings. The fourth-order valence-corrected chi connectivity index (χ4v) is 3.86. The molecule has 0 spiro atoms. The van der Waals surface area contributed by atoms with Crippen molar-refractivity contribution in [1.82, 2.24) is 14.9 Å². The van der Waals surface area contributed by atoms with Crippen molar-refractivity contribution >= 4 is 29.3 Å². The number of nitrogens with zero attached hydrogens (tertiary/aromatic N) is 2. The molecule has 172 valence electrons. The maximum atomic E-state index is 14.5. The van der Waals surface area contributed by atoms with Crippen LogP contribution in [0.4, 0.5) is 19.3 Å². The number of imidazole rings is 1. The Morgan fingerprint density at radius 2 is 1.97 bits per heavy atom. The first kappa shape index (κ1) is 22.7. The number of hydrogen-bond acceptors (Lipinski definition) is 4. The van der Waals surface area contributed by atoms with Gasteiger partial charge >= 0.3 is 6.09 Å². The topological polar surface area (TPSA) is 87.3 Å². The molecule has 0 aliphatic carbocycles. The van der Waals surface area contributed by atoms with E-state index in [-0.39, 0.29) is 22.3 Å². The highest BCUT2D eigenvalue weighted by molar-refractivity contribution is 6.31. The second-order valence-corrected chi connectivity index (χ2v) is 8.16. The second kappa shape index (κ2) is 9.58. The highest BCUT2D eigenvalue weighted by Gasteiger charge is 2.30. The van der Waals surface area contributed by atoms with E-state index in [0.29, 0.717) is 43.0 Å². The molecule has 0 saturated carbocycles. The molecule has 0 bridgehead atoms. The van der Waals surface area contributed by atoms with Crippen LogP contribution in [0, 0.1) is 11.6 Å². The van der Waals surface area contributed by atoms with Gasteiger partial charge in [-0.3, -0.25) is 10.1 Å². The molecule has 1 aliphatic heterocycles. The number of halogens is 3. The smallest absolute Gasteiger partial charge is 0.412 e.